The van der Waals surface area contributed by atoms with Crippen LogP contribution in [0.5, 0.6) is 0 Å². The van der Waals surface area contributed by atoms with Gasteiger partial charge in [0.1, 0.15) is 11.3 Å². The van der Waals surface area contributed by atoms with Gasteiger partial charge in [0.25, 0.3) is 0 Å². The van der Waals surface area contributed by atoms with Crippen LogP contribution in [0.2, 0.25) is 0 Å². The summed E-state index contributed by atoms with van der Waals surface area (Å²) >= 11 is 0. The van der Waals surface area contributed by atoms with Gasteiger partial charge in [-0.05, 0) is 18.6 Å². The summed E-state index contributed by atoms with van der Waals surface area (Å²) in [6, 6.07) is 2.62. The minimum Gasteiger partial charge on any atom is -0.342 e. The molecule has 0 atom stereocenters. The number of hydrogen-bond acceptors (Lipinski definition) is 1. The van der Waals surface area contributed by atoms with Gasteiger partial charge in [-0.2, -0.15) is 0 Å². The van der Waals surface area contributed by atoms with Crippen molar-refractivity contribution in [3.8, 4) is 0 Å². The number of benzene rings is 1. The van der Waals surface area contributed by atoms with Gasteiger partial charge in [-0.15, -0.1) is 0 Å². The fourth-order valence-electron chi connectivity index (χ4n) is 1.53. The Balaban J connectivity index is 2.42. The van der Waals surface area contributed by atoms with Crippen LogP contribution in [-0.4, -0.2) is 9.97 Å². The molecular formula is C11H12F2N2. The third kappa shape index (κ3) is 1.84. The third-order valence-corrected chi connectivity index (χ3v) is 2.36. The molecule has 0 aliphatic rings. The monoisotopic (exact) mass is 210 g/mol. The molecule has 0 unspecified atom stereocenters. The smallest absolute Gasteiger partial charge is 0.186 e. The second-order valence-corrected chi connectivity index (χ2v) is 3.54. The number of aryl methyl sites for hydroxylation is 1. The molecule has 1 aromatic heterocycles. The van der Waals surface area contributed by atoms with E-state index in [1.54, 1.807) is 0 Å². The standard InChI is InChI=1S/C11H12F2N2/c1-2-3-4-9-14-8-6-5-7(12)10(13)11(8)15-9/h5-6H,2-4H2,1H3,(H,14,15). The normalized spacial score (nSPS) is 11.1. The molecule has 1 aromatic carbocycles. The van der Waals surface area contributed by atoms with Gasteiger partial charge in [-0.3, -0.25) is 0 Å². The molecule has 80 valence electrons. The number of unbranched alkanes of at least 4 members (excludes halogenated alkanes) is 1. The lowest BCUT2D eigenvalue weighted by Gasteiger charge is -1.91. The van der Waals surface area contributed by atoms with Crippen molar-refractivity contribution < 1.29 is 8.78 Å². The average Bonchev–Trinajstić information content (AvgIpc) is 2.64. The Labute approximate surface area is 86.3 Å². The van der Waals surface area contributed by atoms with Crippen LogP contribution >= 0.6 is 0 Å². The lowest BCUT2D eigenvalue weighted by Crippen LogP contribution is -1.87. The van der Waals surface area contributed by atoms with Crippen molar-refractivity contribution in [1.82, 2.24) is 9.97 Å². The van der Waals surface area contributed by atoms with E-state index in [1.807, 2.05) is 0 Å². The summed E-state index contributed by atoms with van der Waals surface area (Å²) < 4.78 is 26.2. The molecule has 0 aliphatic heterocycles. The van der Waals surface area contributed by atoms with Gasteiger partial charge < -0.3 is 4.98 Å². The average molecular weight is 210 g/mol. The summed E-state index contributed by atoms with van der Waals surface area (Å²) in [7, 11) is 0. The first-order valence-electron chi connectivity index (χ1n) is 5.05. The molecule has 0 saturated heterocycles. The lowest BCUT2D eigenvalue weighted by atomic mass is 10.2. The van der Waals surface area contributed by atoms with Crippen LogP contribution in [0.15, 0.2) is 12.1 Å². The minimum absolute atomic E-state index is 0.0982. The Hall–Kier alpha value is -1.45. The van der Waals surface area contributed by atoms with E-state index in [-0.39, 0.29) is 5.52 Å². The number of aromatic amines is 1. The third-order valence-electron chi connectivity index (χ3n) is 2.36. The molecular weight excluding hydrogens is 198 g/mol. The number of aromatic nitrogens is 2. The quantitative estimate of drug-likeness (QED) is 0.828. The fourth-order valence-corrected chi connectivity index (χ4v) is 1.53. The number of rotatable bonds is 3. The number of imidazole rings is 1. The van der Waals surface area contributed by atoms with Crippen LogP contribution in [0.25, 0.3) is 11.0 Å². The fraction of sp³-hybridized carbons (Fsp3) is 0.364. The summed E-state index contributed by atoms with van der Waals surface area (Å²) in [5.74, 6) is -1.00. The number of nitrogens with zero attached hydrogens (tertiary/aromatic N) is 1. The highest BCUT2D eigenvalue weighted by molar-refractivity contribution is 5.75. The van der Waals surface area contributed by atoms with Gasteiger partial charge in [-0.1, -0.05) is 13.3 Å². The van der Waals surface area contributed by atoms with Crippen LogP contribution in [0, 0.1) is 11.6 Å². The van der Waals surface area contributed by atoms with Gasteiger partial charge in [0.05, 0.1) is 5.52 Å². The second kappa shape index (κ2) is 3.96. The van der Waals surface area contributed by atoms with Crippen molar-refractivity contribution in [2.45, 2.75) is 26.2 Å². The Morgan fingerprint density at radius 1 is 1.33 bits per heavy atom. The molecule has 1 heterocycles. The molecule has 0 radical (unpaired) electrons. The van der Waals surface area contributed by atoms with Crippen molar-refractivity contribution in [2.24, 2.45) is 0 Å². The summed E-state index contributed by atoms with van der Waals surface area (Å²) in [5.41, 5.74) is 0.654. The highest BCUT2D eigenvalue weighted by Crippen LogP contribution is 2.18. The Bertz CT molecular complexity index is 477. The summed E-state index contributed by atoms with van der Waals surface area (Å²) in [6.07, 6.45) is 2.81. The maximum atomic E-state index is 13.3. The molecule has 2 nitrogen and oxygen atoms in total. The first-order valence-corrected chi connectivity index (χ1v) is 5.05. The molecule has 0 aliphatic carbocycles. The van der Waals surface area contributed by atoms with Crippen molar-refractivity contribution in [1.29, 1.82) is 0 Å². The highest BCUT2D eigenvalue weighted by Gasteiger charge is 2.11. The first kappa shape index (κ1) is 10.1. The van der Waals surface area contributed by atoms with Crippen molar-refractivity contribution in [2.75, 3.05) is 0 Å². The van der Waals surface area contributed by atoms with Crippen LogP contribution in [-0.2, 0) is 6.42 Å². The number of halogens is 2. The predicted octanol–water partition coefficient (Wildman–Crippen LogP) is 3.18. The molecule has 4 heteroatoms. The molecule has 0 amide bonds. The molecule has 2 aromatic rings. The van der Waals surface area contributed by atoms with Gasteiger partial charge >= 0.3 is 0 Å². The van der Waals surface area contributed by atoms with E-state index in [9.17, 15) is 8.78 Å². The van der Waals surface area contributed by atoms with Crippen LogP contribution < -0.4 is 0 Å². The van der Waals surface area contributed by atoms with E-state index in [2.05, 4.69) is 16.9 Å². The van der Waals surface area contributed by atoms with Gasteiger partial charge in [0.15, 0.2) is 11.6 Å². The molecule has 1 N–H and O–H groups in total. The number of nitrogens with one attached hydrogen (secondary N) is 1. The van der Waals surface area contributed by atoms with Crippen molar-refractivity contribution in [3.05, 3.63) is 29.6 Å². The Morgan fingerprint density at radius 3 is 2.87 bits per heavy atom. The zero-order chi connectivity index (χ0) is 10.8. The second-order valence-electron chi connectivity index (χ2n) is 3.54. The molecule has 0 fully saturated rings. The van der Waals surface area contributed by atoms with Crippen LogP contribution in [0.1, 0.15) is 25.6 Å². The summed E-state index contributed by atoms with van der Waals surface area (Å²) in [6.45, 7) is 2.07. The Kier molecular flexibility index (Phi) is 2.66. The lowest BCUT2D eigenvalue weighted by molar-refractivity contribution is 0.515. The number of fused-ring (bicyclic) bond motifs is 1. The molecule has 2 rings (SSSR count). The number of hydrogen-bond donors (Lipinski definition) is 1. The molecule has 0 spiro atoms. The highest BCUT2D eigenvalue weighted by atomic mass is 19.2. The molecule has 0 saturated carbocycles. The van der Waals surface area contributed by atoms with E-state index in [0.29, 0.717) is 5.52 Å². The number of H-pyrrole nitrogens is 1. The van der Waals surface area contributed by atoms with E-state index in [1.165, 1.54) is 6.07 Å². The van der Waals surface area contributed by atoms with E-state index >= 15 is 0 Å². The van der Waals surface area contributed by atoms with Crippen molar-refractivity contribution >= 4 is 11.0 Å². The molecule has 15 heavy (non-hydrogen) atoms. The summed E-state index contributed by atoms with van der Waals surface area (Å²) in [5, 5.41) is 0. The maximum absolute atomic E-state index is 13.3. The Morgan fingerprint density at radius 2 is 2.13 bits per heavy atom. The van der Waals surface area contributed by atoms with Gasteiger partial charge in [-0.25, -0.2) is 13.8 Å². The largest absolute Gasteiger partial charge is 0.342 e. The van der Waals surface area contributed by atoms with Crippen molar-refractivity contribution in [3.63, 3.8) is 0 Å². The van der Waals surface area contributed by atoms with E-state index in [0.717, 1.165) is 31.2 Å². The molecule has 0 bridgehead atoms. The minimum atomic E-state index is -0.869. The zero-order valence-electron chi connectivity index (χ0n) is 8.48. The zero-order valence-corrected chi connectivity index (χ0v) is 8.48. The predicted molar refractivity (Wildman–Crippen MR) is 54.6 cm³/mol. The summed E-state index contributed by atoms with van der Waals surface area (Å²) in [4.78, 5) is 7.02. The van der Waals surface area contributed by atoms with E-state index < -0.39 is 11.6 Å². The van der Waals surface area contributed by atoms with Gasteiger partial charge in [0.2, 0.25) is 0 Å². The van der Waals surface area contributed by atoms with E-state index in [4.69, 9.17) is 0 Å². The SMILES string of the molecule is CCCCc1nc2c(F)c(F)ccc2[nH]1. The topological polar surface area (TPSA) is 28.7 Å². The van der Waals surface area contributed by atoms with Crippen LogP contribution in [0.4, 0.5) is 8.78 Å². The first-order chi connectivity index (χ1) is 7.22. The maximum Gasteiger partial charge on any atom is 0.186 e. The van der Waals surface area contributed by atoms with Crippen LogP contribution in [0.3, 0.4) is 0 Å². The van der Waals surface area contributed by atoms with Gasteiger partial charge in [0, 0.05) is 6.42 Å².